The van der Waals surface area contributed by atoms with Gasteiger partial charge in [0, 0.05) is 18.7 Å². The smallest absolute Gasteiger partial charge is 0.387 e. The molecule has 0 amide bonds. The van der Waals surface area contributed by atoms with E-state index in [0.717, 1.165) is 18.6 Å². The summed E-state index contributed by atoms with van der Waals surface area (Å²) in [7, 11) is 0. The van der Waals surface area contributed by atoms with Crippen molar-refractivity contribution in [3.05, 3.63) is 29.8 Å². The number of hydrogen-bond donors (Lipinski definition) is 1. The first-order valence-corrected chi connectivity index (χ1v) is 5.94. The molecular formula is C13H17F2NO2. The largest absolute Gasteiger partial charge is 0.435 e. The number of rotatable bonds is 5. The van der Waals surface area contributed by atoms with Crippen molar-refractivity contribution >= 4 is 0 Å². The van der Waals surface area contributed by atoms with Crippen LogP contribution in [0, 0.1) is 0 Å². The molecule has 5 heteroatoms. The monoisotopic (exact) mass is 257 g/mol. The van der Waals surface area contributed by atoms with Gasteiger partial charge in [0.15, 0.2) is 0 Å². The van der Waals surface area contributed by atoms with E-state index >= 15 is 0 Å². The van der Waals surface area contributed by atoms with E-state index in [1.54, 1.807) is 24.3 Å². The zero-order valence-electron chi connectivity index (χ0n) is 10.3. The number of hydrogen-bond acceptors (Lipinski definition) is 3. The van der Waals surface area contributed by atoms with Gasteiger partial charge in [-0.2, -0.15) is 8.78 Å². The number of halogens is 2. The highest BCUT2D eigenvalue weighted by atomic mass is 19.3. The third-order valence-corrected chi connectivity index (χ3v) is 3.09. The second-order valence-corrected chi connectivity index (χ2v) is 4.74. The van der Waals surface area contributed by atoms with Crippen LogP contribution in [0.1, 0.15) is 18.9 Å². The summed E-state index contributed by atoms with van der Waals surface area (Å²) in [6.07, 6.45) is 0.986. The van der Waals surface area contributed by atoms with Crippen molar-refractivity contribution in [1.29, 1.82) is 0 Å². The van der Waals surface area contributed by atoms with Crippen molar-refractivity contribution in [2.75, 3.05) is 13.2 Å². The summed E-state index contributed by atoms with van der Waals surface area (Å²) < 4.78 is 33.6. The van der Waals surface area contributed by atoms with E-state index in [1.165, 1.54) is 0 Å². The zero-order chi connectivity index (χ0) is 13.0. The van der Waals surface area contributed by atoms with Crippen LogP contribution in [0.2, 0.25) is 0 Å². The minimum atomic E-state index is -2.77. The predicted octanol–water partition coefficient (Wildman–Crippen LogP) is 2.56. The van der Waals surface area contributed by atoms with Gasteiger partial charge >= 0.3 is 6.61 Å². The predicted molar refractivity (Wildman–Crippen MR) is 63.8 cm³/mol. The van der Waals surface area contributed by atoms with Gasteiger partial charge in [-0.1, -0.05) is 12.1 Å². The van der Waals surface area contributed by atoms with Crippen molar-refractivity contribution in [2.45, 2.75) is 32.0 Å². The SMILES string of the molecule is CC1(NCc2ccc(OC(F)F)cc2)CCOC1. The first-order chi connectivity index (χ1) is 8.57. The number of benzene rings is 1. The molecule has 1 aliphatic heterocycles. The van der Waals surface area contributed by atoms with Crippen LogP contribution in [-0.2, 0) is 11.3 Å². The average Bonchev–Trinajstić information content (AvgIpc) is 2.75. The second kappa shape index (κ2) is 5.63. The molecule has 0 aliphatic carbocycles. The molecule has 1 unspecified atom stereocenters. The van der Waals surface area contributed by atoms with Gasteiger partial charge in [0.25, 0.3) is 0 Å². The number of alkyl halides is 2. The minimum Gasteiger partial charge on any atom is -0.435 e. The van der Waals surface area contributed by atoms with Crippen molar-refractivity contribution < 1.29 is 18.3 Å². The van der Waals surface area contributed by atoms with Crippen molar-refractivity contribution in [1.82, 2.24) is 5.32 Å². The van der Waals surface area contributed by atoms with Gasteiger partial charge in [-0.3, -0.25) is 0 Å². The van der Waals surface area contributed by atoms with Gasteiger partial charge in [0.1, 0.15) is 5.75 Å². The Labute approximate surface area is 105 Å². The fourth-order valence-corrected chi connectivity index (χ4v) is 1.91. The van der Waals surface area contributed by atoms with E-state index < -0.39 is 6.61 Å². The molecule has 0 saturated carbocycles. The first kappa shape index (κ1) is 13.2. The van der Waals surface area contributed by atoms with Crippen LogP contribution in [0.5, 0.6) is 5.75 Å². The van der Waals surface area contributed by atoms with E-state index in [-0.39, 0.29) is 11.3 Å². The van der Waals surface area contributed by atoms with Crippen LogP contribution < -0.4 is 10.1 Å². The molecule has 3 nitrogen and oxygen atoms in total. The molecule has 1 aromatic carbocycles. The quantitative estimate of drug-likeness (QED) is 0.879. The fraction of sp³-hybridized carbons (Fsp3) is 0.538. The fourth-order valence-electron chi connectivity index (χ4n) is 1.91. The summed E-state index contributed by atoms with van der Waals surface area (Å²) in [4.78, 5) is 0. The molecule has 1 aliphatic rings. The summed E-state index contributed by atoms with van der Waals surface area (Å²) in [6.45, 7) is 1.52. The van der Waals surface area contributed by atoms with E-state index in [9.17, 15) is 8.78 Å². The molecule has 1 heterocycles. The molecule has 1 aromatic rings. The lowest BCUT2D eigenvalue weighted by Gasteiger charge is -2.23. The Morgan fingerprint density at radius 3 is 2.67 bits per heavy atom. The molecule has 0 aromatic heterocycles. The lowest BCUT2D eigenvalue weighted by molar-refractivity contribution is -0.0498. The maximum atomic E-state index is 12.0. The molecule has 0 spiro atoms. The van der Waals surface area contributed by atoms with Crippen molar-refractivity contribution in [2.24, 2.45) is 0 Å². The normalized spacial score (nSPS) is 23.6. The van der Waals surface area contributed by atoms with Crippen LogP contribution in [-0.4, -0.2) is 25.4 Å². The highest BCUT2D eigenvalue weighted by Crippen LogP contribution is 2.19. The third-order valence-electron chi connectivity index (χ3n) is 3.09. The second-order valence-electron chi connectivity index (χ2n) is 4.74. The van der Waals surface area contributed by atoms with Crippen molar-refractivity contribution in [3.8, 4) is 5.75 Å². The van der Waals surface area contributed by atoms with Gasteiger partial charge in [-0.15, -0.1) is 0 Å². The summed E-state index contributed by atoms with van der Waals surface area (Å²) >= 11 is 0. The summed E-state index contributed by atoms with van der Waals surface area (Å²) in [5.41, 5.74) is 1.04. The van der Waals surface area contributed by atoms with Gasteiger partial charge < -0.3 is 14.8 Å². The Bertz CT molecular complexity index is 375. The topological polar surface area (TPSA) is 30.5 Å². The lowest BCUT2D eigenvalue weighted by Crippen LogP contribution is -2.42. The van der Waals surface area contributed by atoms with Crippen LogP contribution in [0.3, 0.4) is 0 Å². The zero-order valence-corrected chi connectivity index (χ0v) is 10.3. The molecule has 2 rings (SSSR count). The van der Waals surface area contributed by atoms with Crippen LogP contribution in [0.15, 0.2) is 24.3 Å². The molecule has 1 atom stereocenters. The van der Waals surface area contributed by atoms with Crippen LogP contribution >= 0.6 is 0 Å². The van der Waals surface area contributed by atoms with Crippen LogP contribution in [0.25, 0.3) is 0 Å². The molecular weight excluding hydrogens is 240 g/mol. The highest BCUT2D eigenvalue weighted by Gasteiger charge is 2.28. The van der Waals surface area contributed by atoms with Crippen molar-refractivity contribution in [3.63, 3.8) is 0 Å². The highest BCUT2D eigenvalue weighted by molar-refractivity contribution is 5.27. The van der Waals surface area contributed by atoms with Gasteiger partial charge in [0.05, 0.1) is 6.61 Å². The van der Waals surface area contributed by atoms with Gasteiger partial charge in [0.2, 0.25) is 0 Å². The van der Waals surface area contributed by atoms with Gasteiger partial charge in [-0.05, 0) is 31.0 Å². The molecule has 1 saturated heterocycles. The number of ether oxygens (including phenoxy) is 2. The Kier molecular flexibility index (Phi) is 4.14. The van der Waals surface area contributed by atoms with E-state index in [4.69, 9.17) is 4.74 Å². The average molecular weight is 257 g/mol. The molecule has 0 radical (unpaired) electrons. The van der Waals surface area contributed by atoms with E-state index in [0.29, 0.717) is 13.2 Å². The molecule has 1 fully saturated rings. The maximum Gasteiger partial charge on any atom is 0.387 e. The summed E-state index contributed by atoms with van der Waals surface area (Å²) in [5, 5.41) is 3.42. The molecule has 18 heavy (non-hydrogen) atoms. The molecule has 1 N–H and O–H groups in total. The van der Waals surface area contributed by atoms with E-state index in [1.807, 2.05) is 0 Å². The summed E-state index contributed by atoms with van der Waals surface area (Å²) in [5.74, 6) is 0.184. The Hall–Kier alpha value is -1.20. The molecule has 0 bridgehead atoms. The minimum absolute atomic E-state index is 0.0120. The third kappa shape index (κ3) is 3.65. The standard InChI is InChI=1S/C13H17F2NO2/c1-13(6-7-17-9-13)16-8-10-2-4-11(5-3-10)18-12(14)15/h2-5,12,16H,6-9H2,1H3. The Balaban J connectivity index is 1.86. The summed E-state index contributed by atoms with van der Waals surface area (Å²) in [6, 6.07) is 6.67. The Morgan fingerprint density at radius 2 is 2.11 bits per heavy atom. The lowest BCUT2D eigenvalue weighted by atomic mass is 10.0. The van der Waals surface area contributed by atoms with Gasteiger partial charge in [-0.25, -0.2) is 0 Å². The van der Waals surface area contributed by atoms with Crippen LogP contribution in [0.4, 0.5) is 8.78 Å². The van der Waals surface area contributed by atoms with E-state index in [2.05, 4.69) is 17.0 Å². The number of nitrogens with one attached hydrogen (secondary N) is 1. The molecule has 100 valence electrons. The first-order valence-electron chi connectivity index (χ1n) is 5.94. The Morgan fingerprint density at radius 1 is 1.39 bits per heavy atom. The maximum absolute atomic E-state index is 12.0.